The molecule has 1 aromatic heterocycles. The molecule has 1 saturated heterocycles. The van der Waals surface area contributed by atoms with E-state index >= 15 is 0 Å². The van der Waals surface area contributed by atoms with Crippen LogP contribution in [0.2, 0.25) is 0 Å². The van der Waals surface area contributed by atoms with Gasteiger partial charge in [-0.15, -0.1) is 0 Å². The lowest BCUT2D eigenvalue weighted by Gasteiger charge is -2.33. The first kappa shape index (κ1) is 11.9. The van der Waals surface area contributed by atoms with E-state index < -0.39 is 18.0 Å². The Labute approximate surface area is 95.8 Å². The second-order valence-electron chi connectivity index (χ2n) is 4.07. The molecule has 0 saturated carbocycles. The summed E-state index contributed by atoms with van der Waals surface area (Å²) >= 11 is 0. The van der Waals surface area contributed by atoms with E-state index in [0.29, 0.717) is 13.0 Å². The Hall–Kier alpha value is -1.53. The maximum absolute atomic E-state index is 12.6. The highest BCUT2D eigenvalue weighted by molar-refractivity contribution is 5.90. The highest BCUT2D eigenvalue weighted by Crippen LogP contribution is 2.33. The largest absolute Gasteiger partial charge is 0.393 e. The first-order valence-electron chi connectivity index (χ1n) is 5.34. The average Bonchev–Trinajstić information content (AvgIpc) is 2.80. The average molecular weight is 247 g/mol. The molecule has 7 heteroatoms. The fourth-order valence-corrected chi connectivity index (χ4v) is 1.96. The molecule has 0 spiro atoms. The molecule has 0 aromatic carbocycles. The zero-order valence-corrected chi connectivity index (χ0v) is 9.00. The number of piperidine rings is 1. The van der Waals surface area contributed by atoms with Crippen molar-refractivity contribution in [2.75, 3.05) is 13.1 Å². The van der Waals surface area contributed by atoms with Crippen molar-refractivity contribution in [3.05, 3.63) is 18.2 Å². The SMILES string of the molecule is O=C(c1ncc[nH]1)N1CCC[C@H](C(F)(F)F)C1. The molecule has 0 unspecified atom stereocenters. The van der Waals surface area contributed by atoms with Gasteiger partial charge in [0, 0.05) is 25.5 Å². The van der Waals surface area contributed by atoms with Crippen LogP contribution >= 0.6 is 0 Å². The van der Waals surface area contributed by atoms with E-state index in [1.54, 1.807) is 0 Å². The Morgan fingerprint density at radius 2 is 2.29 bits per heavy atom. The molecule has 1 aliphatic rings. The number of H-pyrrole nitrogens is 1. The van der Waals surface area contributed by atoms with Gasteiger partial charge in [-0.2, -0.15) is 13.2 Å². The van der Waals surface area contributed by atoms with Gasteiger partial charge in [0.15, 0.2) is 5.82 Å². The van der Waals surface area contributed by atoms with Crippen LogP contribution < -0.4 is 0 Å². The summed E-state index contributed by atoms with van der Waals surface area (Å²) in [5.41, 5.74) is 0. The van der Waals surface area contributed by atoms with Crippen molar-refractivity contribution >= 4 is 5.91 Å². The Balaban J connectivity index is 2.05. The van der Waals surface area contributed by atoms with Crippen LogP contribution in [0.5, 0.6) is 0 Å². The first-order valence-corrected chi connectivity index (χ1v) is 5.34. The number of hydrogen-bond acceptors (Lipinski definition) is 2. The molecule has 0 aliphatic carbocycles. The number of alkyl halides is 3. The minimum Gasteiger partial charge on any atom is -0.341 e. The van der Waals surface area contributed by atoms with Gasteiger partial charge in [-0.25, -0.2) is 4.98 Å². The van der Waals surface area contributed by atoms with E-state index in [-0.39, 0.29) is 18.8 Å². The number of carbonyl (C=O) groups excluding carboxylic acids is 1. The van der Waals surface area contributed by atoms with E-state index in [4.69, 9.17) is 0 Å². The van der Waals surface area contributed by atoms with Gasteiger partial charge in [0.05, 0.1) is 5.92 Å². The Morgan fingerprint density at radius 3 is 2.88 bits per heavy atom. The third kappa shape index (κ3) is 2.59. The monoisotopic (exact) mass is 247 g/mol. The number of hydrogen-bond donors (Lipinski definition) is 1. The summed E-state index contributed by atoms with van der Waals surface area (Å²) in [6.07, 6.45) is -0.902. The molecule has 4 nitrogen and oxygen atoms in total. The van der Waals surface area contributed by atoms with Gasteiger partial charge in [0.1, 0.15) is 0 Å². The molecule has 1 aliphatic heterocycles. The molecule has 2 heterocycles. The minimum absolute atomic E-state index is 0.0887. The van der Waals surface area contributed by atoms with Crippen LogP contribution in [0, 0.1) is 5.92 Å². The first-order chi connectivity index (χ1) is 7.98. The quantitative estimate of drug-likeness (QED) is 0.823. The van der Waals surface area contributed by atoms with Crippen molar-refractivity contribution in [2.24, 2.45) is 5.92 Å². The summed E-state index contributed by atoms with van der Waals surface area (Å²) < 4.78 is 37.7. The number of imidazole rings is 1. The number of halogens is 3. The zero-order chi connectivity index (χ0) is 12.5. The van der Waals surface area contributed by atoms with E-state index in [0.717, 1.165) is 0 Å². The van der Waals surface area contributed by atoms with Crippen LogP contribution in [0.4, 0.5) is 13.2 Å². The minimum atomic E-state index is -4.23. The predicted octanol–water partition coefficient (Wildman–Crippen LogP) is 1.82. The van der Waals surface area contributed by atoms with Crippen molar-refractivity contribution in [1.82, 2.24) is 14.9 Å². The summed E-state index contributed by atoms with van der Waals surface area (Å²) in [6, 6.07) is 0. The third-order valence-corrected chi connectivity index (χ3v) is 2.87. The van der Waals surface area contributed by atoms with Crippen molar-refractivity contribution in [3.63, 3.8) is 0 Å². The summed E-state index contributed by atoms with van der Waals surface area (Å²) in [7, 11) is 0. The second kappa shape index (κ2) is 4.38. The van der Waals surface area contributed by atoms with Gasteiger partial charge in [-0.1, -0.05) is 0 Å². The smallest absolute Gasteiger partial charge is 0.341 e. The fourth-order valence-electron chi connectivity index (χ4n) is 1.96. The van der Waals surface area contributed by atoms with Crippen LogP contribution in [0.15, 0.2) is 12.4 Å². The fraction of sp³-hybridized carbons (Fsp3) is 0.600. The molecule has 1 N–H and O–H groups in total. The van der Waals surface area contributed by atoms with E-state index in [1.807, 2.05) is 0 Å². The number of nitrogens with zero attached hydrogens (tertiary/aromatic N) is 2. The second-order valence-corrected chi connectivity index (χ2v) is 4.07. The highest BCUT2D eigenvalue weighted by Gasteiger charge is 2.42. The summed E-state index contributed by atoms with van der Waals surface area (Å²) in [4.78, 5) is 19.4. The van der Waals surface area contributed by atoms with Gasteiger partial charge in [-0.3, -0.25) is 4.79 Å². The predicted molar refractivity (Wildman–Crippen MR) is 53.3 cm³/mol. The number of aromatic nitrogens is 2. The number of rotatable bonds is 1. The van der Waals surface area contributed by atoms with Gasteiger partial charge in [-0.05, 0) is 12.8 Å². The maximum atomic E-state index is 12.6. The van der Waals surface area contributed by atoms with E-state index in [2.05, 4.69) is 9.97 Å². The maximum Gasteiger partial charge on any atom is 0.393 e. The Kier molecular flexibility index (Phi) is 3.08. The molecule has 0 bridgehead atoms. The van der Waals surface area contributed by atoms with E-state index in [9.17, 15) is 18.0 Å². The van der Waals surface area contributed by atoms with Crippen LogP contribution in [-0.4, -0.2) is 40.0 Å². The highest BCUT2D eigenvalue weighted by atomic mass is 19.4. The third-order valence-electron chi connectivity index (χ3n) is 2.87. The van der Waals surface area contributed by atoms with Crippen LogP contribution in [-0.2, 0) is 0 Å². The number of amides is 1. The summed E-state index contributed by atoms with van der Waals surface area (Å²) in [5, 5.41) is 0. The normalized spacial score (nSPS) is 21.6. The zero-order valence-electron chi connectivity index (χ0n) is 9.00. The lowest BCUT2D eigenvalue weighted by atomic mass is 9.97. The number of likely N-dealkylation sites (tertiary alicyclic amines) is 1. The lowest BCUT2D eigenvalue weighted by Crippen LogP contribution is -2.44. The van der Waals surface area contributed by atoms with Gasteiger partial charge in [0.2, 0.25) is 0 Å². The molecule has 1 amide bonds. The van der Waals surface area contributed by atoms with Crippen molar-refractivity contribution < 1.29 is 18.0 Å². The van der Waals surface area contributed by atoms with Crippen LogP contribution in [0.1, 0.15) is 23.5 Å². The Morgan fingerprint density at radius 1 is 1.53 bits per heavy atom. The number of aromatic amines is 1. The molecule has 0 radical (unpaired) electrons. The molecule has 1 atom stereocenters. The van der Waals surface area contributed by atoms with Crippen molar-refractivity contribution in [2.45, 2.75) is 19.0 Å². The number of carbonyl (C=O) groups is 1. The molecular weight excluding hydrogens is 235 g/mol. The van der Waals surface area contributed by atoms with Gasteiger partial charge in [0.25, 0.3) is 5.91 Å². The number of nitrogens with one attached hydrogen (secondary N) is 1. The molecule has 2 rings (SSSR count). The molecule has 17 heavy (non-hydrogen) atoms. The molecular formula is C10H12F3N3O. The standard InChI is InChI=1S/C10H12F3N3O/c11-10(12,13)7-2-1-5-16(6-7)9(17)8-14-3-4-15-8/h3-4,7H,1-2,5-6H2,(H,14,15)/t7-/m0/s1. The molecule has 1 aromatic rings. The van der Waals surface area contributed by atoms with Crippen LogP contribution in [0.3, 0.4) is 0 Å². The topological polar surface area (TPSA) is 49.0 Å². The van der Waals surface area contributed by atoms with Crippen LogP contribution in [0.25, 0.3) is 0 Å². The molecule has 94 valence electrons. The Bertz CT molecular complexity index is 388. The van der Waals surface area contributed by atoms with E-state index in [1.165, 1.54) is 17.3 Å². The van der Waals surface area contributed by atoms with Gasteiger partial charge < -0.3 is 9.88 Å². The van der Waals surface area contributed by atoms with Crippen molar-refractivity contribution in [1.29, 1.82) is 0 Å². The van der Waals surface area contributed by atoms with Crippen molar-refractivity contribution in [3.8, 4) is 0 Å². The molecule has 1 fully saturated rings. The summed E-state index contributed by atoms with van der Waals surface area (Å²) in [6.45, 7) is 0.0785. The van der Waals surface area contributed by atoms with Gasteiger partial charge >= 0.3 is 6.18 Å². The lowest BCUT2D eigenvalue weighted by molar-refractivity contribution is -0.184. The summed E-state index contributed by atoms with van der Waals surface area (Å²) in [5.74, 6) is -1.80.